The second kappa shape index (κ2) is 9.13. The molecule has 172 valence electrons. The molecule has 0 spiro atoms. The summed E-state index contributed by atoms with van der Waals surface area (Å²) in [5, 5.41) is 11.8. The van der Waals surface area contributed by atoms with Crippen LogP contribution in [-0.2, 0) is 20.2 Å². The summed E-state index contributed by atoms with van der Waals surface area (Å²) in [4.78, 5) is 13.1. The highest BCUT2D eigenvalue weighted by molar-refractivity contribution is 7.92. The van der Waals surface area contributed by atoms with Crippen molar-refractivity contribution in [3.63, 3.8) is 0 Å². The molecule has 1 aliphatic rings. The molecule has 0 aliphatic carbocycles. The molecule has 1 fully saturated rings. The Hall–Kier alpha value is -2.94. The maximum Gasteiger partial charge on any atom is 0.261 e. The molecule has 0 bridgehead atoms. The lowest BCUT2D eigenvalue weighted by Gasteiger charge is -2.34. The van der Waals surface area contributed by atoms with Gasteiger partial charge >= 0.3 is 0 Å². The van der Waals surface area contributed by atoms with E-state index in [0.29, 0.717) is 17.9 Å². The maximum atomic E-state index is 13.1. The molecule has 33 heavy (non-hydrogen) atoms. The lowest BCUT2D eigenvalue weighted by molar-refractivity contribution is -0.605. The van der Waals surface area contributed by atoms with E-state index in [1.54, 1.807) is 12.1 Å². The second-order valence-corrected chi connectivity index (χ2v) is 10.4. The van der Waals surface area contributed by atoms with Crippen molar-refractivity contribution >= 4 is 33.1 Å². The number of sulfonamides is 1. The molecule has 2 aromatic carbocycles. The Morgan fingerprint density at radius 3 is 2.48 bits per heavy atom. The molecule has 1 saturated heterocycles. The van der Waals surface area contributed by atoms with Gasteiger partial charge in [-0.05, 0) is 60.2 Å². The molecule has 0 radical (unpaired) electrons. The summed E-state index contributed by atoms with van der Waals surface area (Å²) in [5.74, 6) is -0.525. The summed E-state index contributed by atoms with van der Waals surface area (Å²) < 4.78 is 34.6. The van der Waals surface area contributed by atoms with Gasteiger partial charge in [-0.25, -0.2) is 8.42 Å². The number of pyridine rings is 1. The van der Waals surface area contributed by atoms with E-state index in [1.807, 2.05) is 12.1 Å². The fourth-order valence-electron chi connectivity index (χ4n) is 3.89. The molecular formula is C24H23ClN2O5S. The van der Waals surface area contributed by atoms with Gasteiger partial charge < -0.3 is 9.94 Å². The van der Waals surface area contributed by atoms with Crippen molar-refractivity contribution < 1.29 is 22.7 Å². The van der Waals surface area contributed by atoms with Crippen molar-refractivity contribution in [1.82, 2.24) is 0 Å². The van der Waals surface area contributed by atoms with E-state index < -0.39 is 15.8 Å². The number of carbonyl (C=O) groups is 1. The number of hydrogen-bond acceptors (Lipinski definition) is 5. The van der Waals surface area contributed by atoms with Gasteiger partial charge in [-0.15, -0.1) is 0 Å². The lowest BCUT2D eigenvalue weighted by Crippen LogP contribution is -2.30. The van der Waals surface area contributed by atoms with Crippen LogP contribution in [0.4, 0.5) is 5.69 Å². The number of ether oxygens (including phenoxy) is 1. The molecule has 7 nitrogen and oxygen atoms in total. The topological polar surface area (TPSA) is 99.4 Å². The third-order valence-electron chi connectivity index (χ3n) is 5.97. The van der Waals surface area contributed by atoms with E-state index in [9.17, 15) is 18.4 Å². The molecule has 3 aromatic rings. The van der Waals surface area contributed by atoms with E-state index in [4.69, 9.17) is 16.3 Å². The van der Waals surface area contributed by atoms with Crippen molar-refractivity contribution in [2.75, 3.05) is 17.9 Å². The largest absolute Gasteiger partial charge is 0.619 e. The molecular weight excluding hydrogens is 464 g/mol. The standard InChI is InChI=1S/C24H23ClN2O5S/c1-24(10-13-32-14-11-24)18-4-7-20(8-5-18)33(30,31)26-22-9-6-19(25)15-21(22)23(28)17-3-2-12-27(29)16-17/h2-9,12,15-16,26H,10-11,13-14H2,1H3. The summed E-state index contributed by atoms with van der Waals surface area (Å²) >= 11 is 6.07. The van der Waals surface area contributed by atoms with Gasteiger partial charge in [-0.3, -0.25) is 9.52 Å². The van der Waals surface area contributed by atoms with Crippen molar-refractivity contribution in [2.24, 2.45) is 0 Å². The summed E-state index contributed by atoms with van der Waals surface area (Å²) in [6.45, 7) is 3.51. The zero-order chi connectivity index (χ0) is 23.6. The molecule has 0 unspecified atom stereocenters. The maximum absolute atomic E-state index is 13.1. The summed E-state index contributed by atoms with van der Waals surface area (Å²) in [6, 6.07) is 14.0. The molecule has 1 aromatic heterocycles. The first kappa shape index (κ1) is 23.2. The minimum atomic E-state index is -3.98. The van der Waals surface area contributed by atoms with Gasteiger partial charge in [0.2, 0.25) is 5.78 Å². The number of nitrogens with one attached hydrogen (secondary N) is 1. The van der Waals surface area contributed by atoms with Crippen LogP contribution < -0.4 is 9.45 Å². The van der Waals surface area contributed by atoms with Gasteiger partial charge in [0.1, 0.15) is 0 Å². The summed E-state index contributed by atoms with van der Waals surface area (Å²) in [7, 11) is -3.98. The fourth-order valence-corrected chi connectivity index (χ4v) is 5.14. The van der Waals surface area contributed by atoms with Gasteiger partial charge in [0.05, 0.1) is 16.1 Å². The predicted octanol–water partition coefficient (Wildman–Crippen LogP) is 4.07. The fraction of sp³-hybridized carbons (Fsp3) is 0.250. The summed E-state index contributed by atoms with van der Waals surface area (Å²) in [6.07, 6.45) is 4.12. The number of hydrogen-bond donors (Lipinski definition) is 1. The van der Waals surface area contributed by atoms with Gasteiger partial charge in [-0.2, -0.15) is 4.73 Å². The third kappa shape index (κ3) is 5.03. The number of nitrogens with zero attached hydrogens (tertiary/aromatic N) is 1. The Balaban J connectivity index is 1.63. The Bertz CT molecular complexity index is 1290. The van der Waals surface area contributed by atoms with Crippen LogP contribution in [0.15, 0.2) is 71.9 Å². The SMILES string of the molecule is CC1(c2ccc(S(=O)(=O)Nc3ccc(Cl)cc3C(=O)c3ccc[n+]([O-])c3)cc2)CCOCC1. The molecule has 0 saturated carbocycles. The van der Waals surface area contributed by atoms with Crippen LogP contribution in [-0.4, -0.2) is 27.4 Å². The second-order valence-electron chi connectivity index (χ2n) is 8.27. The van der Waals surface area contributed by atoms with Gasteiger partial charge in [0.25, 0.3) is 10.0 Å². The average molecular weight is 487 g/mol. The van der Waals surface area contributed by atoms with Crippen LogP contribution in [0.1, 0.15) is 41.3 Å². The van der Waals surface area contributed by atoms with E-state index in [-0.39, 0.29) is 32.1 Å². The molecule has 1 N–H and O–H groups in total. The van der Waals surface area contributed by atoms with Crippen LogP contribution in [0.5, 0.6) is 0 Å². The normalized spacial score (nSPS) is 15.7. The Labute approximate surface area is 197 Å². The van der Waals surface area contributed by atoms with Crippen LogP contribution in [0.3, 0.4) is 0 Å². The predicted molar refractivity (Wildman–Crippen MR) is 125 cm³/mol. The number of carbonyl (C=O) groups excluding carboxylic acids is 1. The Kier molecular flexibility index (Phi) is 6.43. The number of benzene rings is 2. The molecule has 4 rings (SSSR count). The van der Waals surface area contributed by atoms with Crippen LogP contribution in [0, 0.1) is 5.21 Å². The minimum absolute atomic E-state index is 0.0450. The third-order valence-corrected chi connectivity index (χ3v) is 7.58. The highest BCUT2D eigenvalue weighted by Crippen LogP contribution is 2.35. The van der Waals surface area contributed by atoms with Crippen molar-refractivity contribution in [3.8, 4) is 0 Å². The number of halogens is 1. The summed E-state index contributed by atoms with van der Waals surface area (Å²) in [5.41, 5.74) is 1.24. The molecule has 0 atom stereocenters. The van der Waals surface area contributed by atoms with Crippen LogP contribution in [0.2, 0.25) is 5.02 Å². The molecule has 2 heterocycles. The number of anilines is 1. The minimum Gasteiger partial charge on any atom is -0.619 e. The monoisotopic (exact) mass is 486 g/mol. The van der Waals surface area contributed by atoms with Gasteiger partial charge in [-0.1, -0.05) is 30.7 Å². The Morgan fingerprint density at radius 2 is 1.82 bits per heavy atom. The number of ketones is 1. The molecule has 9 heteroatoms. The Morgan fingerprint density at radius 1 is 1.12 bits per heavy atom. The molecule has 0 amide bonds. The van der Waals surface area contributed by atoms with E-state index in [0.717, 1.165) is 24.6 Å². The highest BCUT2D eigenvalue weighted by Gasteiger charge is 2.30. The van der Waals surface area contributed by atoms with Crippen molar-refractivity contribution in [1.29, 1.82) is 0 Å². The first-order valence-corrected chi connectivity index (χ1v) is 12.3. The van der Waals surface area contributed by atoms with Crippen molar-refractivity contribution in [3.05, 3.63) is 93.9 Å². The lowest BCUT2D eigenvalue weighted by atomic mass is 9.76. The van der Waals surface area contributed by atoms with E-state index in [2.05, 4.69) is 11.6 Å². The first-order valence-electron chi connectivity index (χ1n) is 10.4. The zero-order valence-corrected chi connectivity index (χ0v) is 19.5. The van der Waals surface area contributed by atoms with Gasteiger partial charge in [0, 0.05) is 29.9 Å². The van der Waals surface area contributed by atoms with E-state index in [1.165, 1.54) is 36.5 Å². The highest BCUT2D eigenvalue weighted by atomic mass is 35.5. The van der Waals surface area contributed by atoms with Crippen LogP contribution >= 0.6 is 11.6 Å². The zero-order valence-electron chi connectivity index (χ0n) is 18.0. The smallest absolute Gasteiger partial charge is 0.261 e. The van der Waals surface area contributed by atoms with Crippen LogP contribution in [0.25, 0.3) is 0 Å². The molecule has 1 aliphatic heterocycles. The van der Waals surface area contributed by atoms with Crippen molar-refractivity contribution in [2.45, 2.75) is 30.1 Å². The van der Waals surface area contributed by atoms with E-state index >= 15 is 0 Å². The number of rotatable bonds is 6. The quantitative estimate of drug-likeness (QED) is 0.321. The average Bonchev–Trinajstić information content (AvgIpc) is 2.80. The van der Waals surface area contributed by atoms with Gasteiger partial charge in [0.15, 0.2) is 12.4 Å². The number of aromatic nitrogens is 1. The first-order chi connectivity index (χ1) is 15.7.